The molecule has 0 unspecified atom stereocenters. The Morgan fingerprint density at radius 1 is 1.31 bits per heavy atom. The molecule has 0 aliphatic rings. The molecule has 0 saturated heterocycles. The summed E-state index contributed by atoms with van der Waals surface area (Å²) in [5.41, 5.74) is 5.40. The molecular formula is C12H18N2O2. The summed E-state index contributed by atoms with van der Waals surface area (Å²) < 4.78 is 10.7. The number of nitrogens with one attached hydrogen (secondary N) is 1. The Kier molecular flexibility index (Phi) is 4.34. The molecule has 1 aromatic rings. The zero-order valence-electron chi connectivity index (χ0n) is 9.96. The standard InChI is InChI=1S/C12H18N2O2/c1-8(2)12-10(15-3)5-9(7-14-13)6-11(12)16-4/h5-6,14H,1,7,13H2,2-4H3. The Balaban J connectivity index is 3.31. The number of hydrazine groups is 1. The lowest BCUT2D eigenvalue weighted by Gasteiger charge is -2.15. The molecule has 0 aliphatic carbocycles. The molecule has 0 fully saturated rings. The van der Waals surface area contributed by atoms with Crippen molar-refractivity contribution < 1.29 is 9.47 Å². The molecule has 0 heterocycles. The first-order valence-corrected chi connectivity index (χ1v) is 4.98. The molecule has 88 valence electrons. The smallest absolute Gasteiger partial charge is 0.130 e. The third kappa shape index (κ3) is 2.53. The van der Waals surface area contributed by atoms with E-state index in [9.17, 15) is 0 Å². The van der Waals surface area contributed by atoms with Crippen molar-refractivity contribution in [3.63, 3.8) is 0 Å². The van der Waals surface area contributed by atoms with Gasteiger partial charge in [-0.25, -0.2) is 0 Å². The van der Waals surface area contributed by atoms with Crippen LogP contribution >= 0.6 is 0 Å². The van der Waals surface area contributed by atoms with Crippen LogP contribution in [0.25, 0.3) is 5.57 Å². The van der Waals surface area contributed by atoms with Crippen LogP contribution < -0.4 is 20.7 Å². The second-order valence-electron chi connectivity index (χ2n) is 3.54. The summed E-state index contributed by atoms with van der Waals surface area (Å²) in [4.78, 5) is 0. The minimum atomic E-state index is 0.559. The van der Waals surface area contributed by atoms with Crippen molar-refractivity contribution in [1.82, 2.24) is 5.43 Å². The van der Waals surface area contributed by atoms with E-state index >= 15 is 0 Å². The molecule has 0 radical (unpaired) electrons. The highest BCUT2D eigenvalue weighted by molar-refractivity contribution is 5.73. The number of benzene rings is 1. The minimum absolute atomic E-state index is 0.559. The zero-order chi connectivity index (χ0) is 12.1. The van der Waals surface area contributed by atoms with Crippen LogP contribution in [-0.2, 0) is 6.54 Å². The first-order valence-electron chi connectivity index (χ1n) is 4.98. The predicted octanol–water partition coefficient (Wildman–Crippen LogP) is 1.70. The molecule has 0 aliphatic heterocycles. The van der Waals surface area contributed by atoms with Gasteiger partial charge in [0.2, 0.25) is 0 Å². The molecule has 0 spiro atoms. The minimum Gasteiger partial charge on any atom is -0.496 e. The van der Waals surface area contributed by atoms with E-state index in [-0.39, 0.29) is 0 Å². The van der Waals surface area contributed by atoms with Crippen LogP contribution in [0.2, 0.25) is 0 Å². The Morgan fingerprint density at radius 3 is 2.12 bits per heavy atom. The maximum atomic E-state index is 5.33. The molecular weight excluding hydrogens is 204 g/mol. The lowest BCUT2D eigenvalue weighted by Crippen LogP contribution is -2.20. The van der Waals surface area contributed by atoms with Gasteiger partial charge in [0.25, 0.3) is 0 Å². The lowest BCUT2D eigenvalue weighted by atomic mass is 10.0. The summed E-state index contributed by atoms with van der Waals surface area (Å²) in [6.45, 7) is 6.39. The predicted molar refractivity (Wildman–Crippen MR) is 65.3 cm³/mol. The maximum Gasteiger partial charge on any atom is 0.130 e. The van der Waals surface area contributed by atoms with Gasteiger partial charge in [0.1, 0.15) is 11.5 Å². The number of allylic oxidation sites excluding steroid dienone is 1. The molecule has 4 heteroatoms. The van der Waals surface area contributed by atoms with Crippen LogP contribution in [0.1, 0.15) is 18.1 Å². The topological polar surface area (TPSA) is 56.5 Å². The average molecular weight is 222 g/mol. The Labute approximate surface area is 96.0 Å². The third-order valence-electron chi connectivity index (χ3n) is 2.30. The highest BCUT2D eigenvalue weighted by Crippen LogP contribution is 2.35. The molecule has 0 atom stereocenters. The second-order valence-corrected chi connectivity index (χ2v) is 3.54. The Morgan fingerprint density at radius 2 is 1.81 bits per heavy atom. The van der Waals surface area contributed by atoms with Crippen LogP contribution in [0, 0.1) is 0 Å². The Hall–Kier alpha value is -1.52. The van der Waals surface area contributed by atoms with E-state index in [1.54, 1.807) is 14.2 Å². The SMILES string of the molecule is C=C(C)c1c(OC)cc(CNN)cc1OC. The quantitative estimate of drug-likeness (QED) is 0.588. The second kappa shape index (κ2) is 5.53. The van der Waals surface area contributed by atoms with E-state index < -0.39 is 0 Å². The van der Waals surface area contributed by atoms with Gasteiger partial charge < -0.3 is 9.47 Å². The fourth-order valence-corrected chi connectivity index (χ4v) is 1.61. The fraction of sp³-hybridized carbons (Fsp3) is 0.333. The summed E-state index contributed by atoms with van der Waals surface area (Å²) in [5.74, 6) is 6.79. The van der Waals surface area contributed by atoms with Crippen molar-refractivity contribution in [3.05, 3.63) is 29.8 Å². The monoisotopic (exact) mass is 222 g/mol. The molecule has 0 amide bonds. The van der Waals surface area contributed by atoms with E-state index in [1.807, 2.05) is 19.1 Å². The highest BCUT2D eigenvalue weighted by atomic mass is 16.5. The van der Waals surface area contributed by atoms with Crippen LogP contribution in [0.5, 0.6) is 11.5 Å². The van der Waals surface area contributed by atoms with Gasteiger partial charge in [-0.2, -0.15) is 0 Å². The molecule has 3 N–H and O–H groups in total. The highest BCUT2D eigenvalue weighted by Gasteiger charge is 2.12. The van der Waals surface area contributed by atoms with E-state index in [0.29, 0.717) is 6.54 Å². The van der Waals surface area contributed by atoms with Gasteiger partial charge >= 0.3 is 0 Å². The number of hydrogen-bond donors (Lipinski definition) is 2. The summed E-state index contributed by atoms with van der Waals surface area (Å²) >= 11 is 0. The van der Waals surface area contributed by atoms with Gasteiger partial charge in [0.05, 0.1) is 19.8 Å². The fourth-order valence-electron chi connectivity index (χ4n) is 1.61. The van der Waals surface area contributed by atoms with E-state index in [0.717, 1.165) is 28.2 Å². The van der Waals surface area contributed by atoms with Crippen molar-refractivity contribution in [2.24, 2.45) is 5.84 Å². The van der Waals surface area contributed by atoms with Crippen molar-refractivity contribution in [2.75, 3.05) is 14.2 Å². The maximum absolute atomic E-state index is 5.33. The van der Waals surface area contributed by atoms with Crippen molar-refractivity contribution >= 4 is 5.57 Å². The van der Waals surface area contributed by atoms with Gasteiger partial charge in [0.15, 0.2) is 0 Å². The van der Waals surface area contributed by atoms with Gasteiger partial charge in [-0.05, 0) is 30.2 Å². The first kappa shape index (κ1) is 12.5. The molecule has 4 nitrogen and oxygen atoms in total. The summed E-state index contributed by atoms with van der Waals surface area (Å²) in [6.07, 6.45) is 0. The summed E-state index contributed by atoms with van der Waals surface area (Å²) in [6, 6.07) is 3.85. The number of methoxy groups -OCH3 is 2. The van der Waals surface area contributed by atoms with E-state index in [2.05, 4.69) is 12.0 Å². The molecule has 0 aromatic heterocycles. The average Bonchev–Trinajstić information content (AvgIpc) is 2.27. The van der Waals surface area contributed by atoms with E-state index in [4.69, 9.17) is 15.3 Å². The van der Waals surface area contributed by atoms with E-state index in [1.165, 1.54) is 0 Å². The molecule has 16 heavy (non-hydrogen) atoms. The third-order valence-corrected chi connectivity index (χ3v) is 2.30. The normalized spacial score (nSPS) is 10.0. The van der Waals surface area contributed by atoms with Crippen molar-refractivity contribution in [2.45, 2.75) is 13.5 Å². The first-order chi connectivity index (χ1) is 7.63. The lowest BCUT2D eigenvalue weighted by molar-refractivity contribution is 0.391. The number of hydrogen-bond acceptors (Lipinski definition) is 4. The number of ether oxygens (including phenoxy) is 2. The van der Waals surface area contributed by atoms with Crippen LogP contribution in [0.3, 0.4) is 0 Å². The van der Waals surface area contributed by atoms with Gasteiger partial charge in [-0.3, -0.25) is 11.3 Å². The molecule has 0 saturated carbocycles. The van der Waals surface area contributed by atoms with Crippen LogP contribution in [0.4, 0.5) is 0 Å². The van der Waals surface area contributed by atoms with Gasteiger partial charge in [0, 0.05) is 6.54 Å². The van der Waals surface area contributed by atoms with Gasteiger partial charge in [-0.1, -0.05) is 6.58 Å². The number of rotatable bonds is 5. The van der Waals surface area contributed by atoms with Crippen LogP contribution in [-0.4, -0.2) is 14.2 Å². The summed E-state index contributed by atoms with van der Waals surface area (Å²) in [7, 11) is 3.25. The Bertz CT molecular complexity index is 364. The van der Waals surface area contributed by atoms with Crippen molar-refractivity contribution in [1.29, 1.82) is 0 Å². The molecule has 1 rings (SSSR count). The summed E-state index contributed by atoms with van der Waals surface area (Å²) in [5, 5.41) is 0. The van der Waals surface area contributed by atoms with Crippen molar-refractivity contribution in [3.8, 4) is 11.5 Å². The largest absolute Gasteiger partial charge is 0.496 e. The molecule has 1 aromatic carbocycles. The van der Waals surface area contributed by atoms with Gasteiger partial charge in [-0.15, -0.1) is 0 Å². The molecule has 0 bridgehead atoms. The zero-order valence-corrected chi connectivity index (χ0v) is 9.96. The van der Waals surface area contributed by atoms with Crippen LogP contribution in [0.15, 0.2) is 18.7 Å². The number of nitrogens with two attached hydrogens (primary N) is 1.